The monoisotopic (exact) mass is 280 g/mol. The number of hydrogen-bond acceptors (Lipinski definition) is 5. The molecule has 2 aromatic heterocycles. The van der Waals surface area contributed by atoms with Crippen molar-refractivity contribution in [3.05, 3.63) is 24.5 Å². The van der Waals surface area contributed by atoms with E-state index >= 15 is 0 Å². The molecule has 0 aromatic carbocycles. The number of rotatable bonds is 5. The molecule has 0 amide bonds. The summed E-state index contributed by atoms with van der Waals surface area (Å²) in [6, 6.07) is 3.00. The first-order valence-electron chi connectivity index (χ1n) is 5.90. The van der Waals surface area contributed by atoms with Gasteiger partial charge in [-0.3, -0.25) is 4.98 Å². The fourth-order valence-corrected chi connectivity index (χ4v) is 2.47. The first-order valence-corrected chi connectivity index (χ1v) is 7.29. The van der Waals surface area contributed by atoms with E-state index in [-0.39, 0.29) is 11.8 Å². The molecule has 1 atom stereocenters. The summed E-state index contributed by atoms with van der Waals surface area (Å²) < 4.78 is 6.36. The van der Waals surface area contributed by atoms with E-state index in [1.165, 1.54) is 7.11 Å². The van der Waals surface area contributed by atoms with Crippen molar-refractivity contribution < 1.29 is 14.6 Å². The second kappa shape index (κ2) is 5.97. The summed E-state index contributed by atoms with van der Waals surface area (Å²) in [5.74, 6) is 0.505. The minimum absolute atomic E-state index is 0.0552. The van der Waals surface area contributed by atoms with E-state index in [0.717, 1.165) is 5.75 Å². The summed E-state index contributed by atoms with van der Waals surface area (Å²) in [4.78, 5) is 16.0. The molecule has 2 heterocycles. The van der Waals surface area contributed by atoms with E-state index < -0.39 is 6.04 Å². The maximum absolute atomic E-state index is 11.9. The number of ether oxygens (including phenoxy) is 1. The van der Waals surface area contributed by atoms with Gasteiger partial charge in [-0.25, -0.2) is 4.79 Å². The average Bonchev–Trinajstić information content (AvgIpc) is 2.77. The van der Waals surface area contributed by atoms with Gasteiger partial charge in [-0.05, 0) is 30.6 Å². The van der Waals surface area contributed by atoms with E-state index in [2.05, 4.69) is 4.98 Å². The SMILES string of the molecule is COC(=O)C(CCSC)n1cc2ncccc2c1O. The summed E-state index contributed by atoms with van der Waals surface area (Å²) in [6.07, 6.45) is 5.91. The predicted octanol–water partition coefficient (Wildman–Crippen LogP) is 2.21. The zero-order valence-electron chi connectivity index (χ0n) is 10.9. The molecule has 0 aliphatic carbocycles. The minimum Gasteiger partial charge on any atom is -0.494 e. The fourth-order valence-electron chi connectivity index (χ4n) is 2.02. The highest BCUT2D eigenvalue weighted by molar-refractivity contribution is 7.98. The molecule has 0 saturated carbocycles. The summed E-state index contributed by atoms with van der Waals surface area (Å²) in [5, 5.41) is 10.9. The number of methoxy groups -OCH3 is 1. The molecule has 5 nitrogen and oxygen atoms in total. The Labute approximate surface area is 115 Å². The molecule has 0 aliphatic heterocycles. The number of fused-ring (bicyclic) bond motifs is 1. The van der Waals surface area contributed by atoms with Crippen LogP contribution in [0, 0.1) is 0 Å². The molecular weight excluding hydrogens is 264 g/mol. The topological polar surface area (TPSA) is 64.4 Å². The lowest BCUT2D eigenvalue weighted by Crippen LogP contribution is -2.20. The maximum Gasteiger partial charge on any atom is 0.328 e. The molecular formula is C13H16N2O3S. The predicted molar refractivity (Wildman–Crippen MR) is 75.4 cm³/mol. The summed E-state index contributed by atoms with van der Waals surface area (Å²) >= 11 is 1.65. The van der Waals surface area contributed by atoms with Crippen LogP contribution in [-0.2, 0) is 9.53 Å². The largest absolute Gasteiger partial charge is 0.494 e. The number of aromatic nitrogens is 2. The smallest absolute Gasteiger partial charge is 0.328 e. The molecule has 6 heteroatoms. The zero-order chi connectivity index (χ0) is 13.8. The van der Waals surface area contributed by atoms with Crippen molar-refractivity contribution in [2.45, 2.75) is 12.5 Å². The van der Waals surface area contributed by atoms with Crippen LogP contribution in [0.1, 0.15) is 12.5 Å². The maximum atomic E-state index is 11.9. The van der Waals surface area contributed by atoms with Crippen molar-refractivity contribution in [1.82, 2.24) is 9.55 Å². The van der Waals surface area contributed by atoms with E-state index in [1.54, 1.807) is 40.9 Å². The average molecular weight is 280 g/mol. The third kappa shape index (κ3) is 2.68. The minimum atomic E-state index is -0.522. The number of pyridine rings is 1. The fraction of sp³-hybridized carbons (Fsp3) is 0.385. The molecule has 0 radical (unpaired) electrons. The van der Waals surface area contributed by atoms with Crippen LogP contribution in [0.25, 0.3) is 10.9 Å². The molecule has 1 unspecified atom stereocenters. The lowest BCUT2D eigenvalue weighted by Gasteiger charge is -2.16. The van der Waals surface area contributed by atoms with Gasteiger partial charge in [0, 0.05) is 12.4 Å². The summed E-state index contributed by atoms with van der Waals surface area (Å²) in [7, 11) is 1.35. The van der Waals surface area contributed by atoms with Crippen molar-refractivity contribution in [3.8, 4) is 5.88 Å². The summed E-state index contributed by atoms with van der Waals surface area (Å²) in [6.45, 7) is 0. The molecule has 19 heavy (non-hydrogen) atoms. The van der Waals surface area contributed by atoms with Gasteiger partial charge >= 0.3 is 5.97 Å². The van der Waals surface area contributed by atoms with Crippen LogP contribution in [0.4, 0.5) is 0 Å². The van der Waals surface area contributed by atoms with Crippen LogP contribution in [-0.4, -0.2) is 39.7 Å². The van der Waals surface area contributed by atoms with Gasteiger partial charge in [-0.2, -0.15) is 11.8 Å². The van der Waals surface area contributed by atoms with Crippen molar-refractivity contribution in [3.63, 3.8) is 0 Å². The highest BCUT2D eigenvalue weighted by atomic mass is 32.2. The highest BCUT2D eigenvalue weighted by Gasteiger charge is 2.24. The first-order chi connectivity index (χ1) is 9.19. The number of carbonyl (C=O) groups excluding carboxylic acids is 1. The van der Waals surface area contributed by atoms with Gasteiger partial charge in [-0.1, -0.05) is 0 Å². The third-order valence-electron chi connectivity index (χ3n) is 2.99. The van der Waals surface area contributed by atoms with Gasteiger partial charge in [0.1, 0.15) is 6.04 Å². The Morgan fingerprint density at radius 1 is 1.63 bits per heavy atom. The molecule has 0 spiro atoms. The number of thioether (sulfide) groups is 1. The molecule has 102 valence electrons. The van der Waals surface area contributed by atoms with E-state index in [1.807, 2.05) is 6.26 Å². The van der Waals surface area contributed by atoms with Crippen LogP contribution < -0.4 is 0 Å². The second-order valence-corrected chi connectivity index (χ2v) is 5.10. The Hall–Kier alpha value is -1.69. The number of aromatic hydroxyl groups is 1. The van der Waals surface area contributed by atoms with Crippen molar-refractivity contribution in [2.24, 2.45) is 0 Å². The Morgan fingerprint density at radius 3 is 3.05 bits per heavy atom. The Kier molecular flexibility index (Phi) is 4.31. The first kappa shape index (κ1) is 13.7. The van der Waals surface area contributed by atoms with Crippen molar-refractivity contribution in [1.29, 1.82) is 0 Å². The molecule has 0 saturated heterocycles. The molecule has 2 rings (SSSR count). The standard InChI is InChI=1S/C13H16N2O3S/c1-18-13(17)11(5-7-19-2)15-8-10-9(12(15)16)4-3-6-14-10/h3-4,6,8,11,16H,5,7H2,1-2H3. The Morgan fingerprint density at radius 2 is 2.42 bits per heavy atom. The Balaban J connectivity index is 2.43. The van der Waals surface area contributed by atoms with E-state index in [0.29, 0.717) is 17.3 Å². The molecule has 0 fully saturated rings. The van der Waals surface area contributed by atoms with Crippen LogP contribution in [0.15, 0.2) is 24.5 Å². The van der Waals surface area contributed by atoms with Crippen LogP contribution in [0.3, 0.4) is 0 Å². The number of nitrogens with zero attached hydrogens (tertiary/aromatic N) is 2. The molecule has 2 aromatic rings. The van der Waals surface area contributed by atoms with E-state index in [9.17, 15) is 9.90 Å². The third-order valence-corrected chi connectivity index (χ3v) is 3.63. The second-order valence-electron chi connectivity index (χ2n) is 4.12. The van der Waals surface area contributed by atoms with E-state index in [4.69, 9.17) is 4.74 Å². The number of esters is 1. The lowest BCUT2D eigenvalue weighted by molar-refractivity contribution is -0.144. The van der Waals surface area contributed by atoms with Gasteiger partial charge in [-0.15, -0.1) is 0 Å². The van der Waals surface area contributed by atoms with Gasteiger partial charge in [0.15, 0.2) is 0 Å². The quantitative estimate of drug-likeness (QED) is 0.851. The van der Waals surface area contributed by atoms with Gasteiger partial charge in [0.25, 0.3) is 0 Å². The number of hydrogen-bond donors (Lipinski definition) is 1. The van der Waals surface area contributed by atoms with Gasteiger partial charge in [0.2, 0.25) is 5.88 Å². The Bertz CT molecular complexity index is 582. The normalized spacial score (nSPS) is 12.5. The van der Waals surface area contributed by atoms with Crippen LogP contribution >= 0.6 is 11.8 Å². The van der Waals surface area contributed by atoms with Crippen LogP contribution in [0.2, 0.25) is 0 Å². The number of carbonyl (C=O) groups is 1. The lowest BCUT2D eigenvalue weighted by atomic mass is 10.2. The molecule has 0 aliphatic rings. The zero-order valence-corrected chi connectivity index (χ0v) is 11.7. The highest BCUT2D eigenvalue weighted by Crippen LogP contribution is 2.30. The summed E-state index contributed by atoms with van der Waals surface area (Å²) in [5.41, 5.74) is 0.665. The van der Waals surface area contributed by atoms with Crippen molar-refractivity contribution in [2.75, 3.05) is 19.1 Å². The molecule has 0 bridgehead atoms. The van der Waals surface area contributed by atoms with Crippen LogP contribution in [0.5, 0.6) is 5.88 Å². The van der Waals surface area contributed by atoms with Crippen molar-refractivity contribution >= 4 is 28.6 Å². The van der Waals surface area contributed by atoms with Gasteiger partial charge < -0.3 is 14.4 Å². The van der Waals surface area contributed by atoms with Gasteiger partial charge in [0.05, 0.1) is 18.0 Å². The molecule has 1 N–H and O–H groups in total.